The fraction of sp³-hybridized carbons (Fsp3) is 0.238. The SMILES string of the molecule is Cc1ccc([N+](=O)[O-])cc1NC(=O)COC(=O)CCCc1c[nH]c2ccccc12. The van der Waals surface area contributed by atoms with Crippen LogP contribution < -0.4 is 5.32 Å². The van der Waals surface area contributed by atoms with Crippen LogP contribution in [0.25, 0.3) is 10.9 Å². The molecule has 0 aliphatic carbocycles. The highest BCUT2D eigenvalue weighted by Crippen LogP contribution is 2.22. The summed E-state index contributed by atoms with van der Waals surface area (Å²) in [6, 6.07) is 12.1. The van der Waals surface area contributed by atoms with Crippen molar-refractivity contribution in [3.63, 3.8) is 0 Å². The molecular formula is C21H21N3O5. The van der Waals surface area contributed by atoms with E-state index in [1.807, 2.05) is 30.5 Å². The van der Waals surface area contributed by atoms with Gasteiger partial charge >= 0.3 is 5.97 Å². The molecule has 2 N–H and O–H groups in total. The number of nitrogens with one attached hydrogen (secondary N) is 2. The van der Waals surface area contributed by atoms with Crippen LogP contribution in [0, 0.1) is 17.0 Å². The molecule has 0 saturated carbocycles. The van der Waals surface area contributed by atoms with Crippen molar-refractivity contribution in [1.29, 1.82) is 0 Å². The van der Waals surface area contributed by atoms with Crippen molar-refractivity contribution < 1.29 is 19.2 Å². The first-order valence-electron chi connectivity index (χ1n) is 9.19. The number of aromatic nitrogens is 1. The van der Waals surface area contributed by atoms with E-state index in [9.17, 15) is 19.7 Å². The van der Waals surface area contributed by atoms with E-state index in [0.717, 1.165) is 22.9 Å². The van der Waals surface area contributed by atoms with Crippen LogP contribution in [0.2, 0.25) is 0 Å². The number of rotatable bonds is 8. The lowest BCUT2D eigenvalue weighted by molar-refractivity contribution is -0.384. The lowest BCUT2D eigenvalue weighted by atomic mass is 10.1. The van der Waals surface area contributed by atoms with Gasteiger partial charge in [0.15, 0.2) is 6.61 Å². The van der Waals surface area contributed by atoms with Crippen molar-refractivity contribution in [3.8, 4) is 0 Å². The molecule has 0 spiro atoms. The molecule has 1 heterocycles. The largest absolute Gasteiger partial charge is 0.456 e. The molecule has 3 aromatic rings. The Hall–Kier alpha value is -3.68. The Kier molecular flexibility index (Phi) is 6.23. The maximum atomic E-state index is 12.0. The molecule has 2 aromatic carbocycles. The number of aromatic amines is 1. The van der Waals surface area contributed by atoms with Crippen LogP contribution in [0.15, 0.2) is 48.7 Å². The van der Waals surface area contributed by atoms with Gasteiger partial charge in [-0.25, -0.2) is 0 Å². The average molecular weight is 395 g/mol. The molecule has 0 aliphatic rings. The molecule has 150 valence electrons. The third kappa shape index (κ3) is 5.19. The molecule has 0 fully saturated rings. The van der Waals surface area contributed by atoms with Crippen molar-refractivity contribution >= 4 is 34.2 Å². The smallest absolute Gasteiger partial charge is 0.306 e. The number of esters is 1. The van der Waals surface area contributed by atoms with Crippen molar-refractivity contribution in [2.45, 2.75) is 26.2 Å². The molecule has 0 bridgehead atoms. The number of H-pyrrole nitrogens is 1. The summed E-state index contributed by atoms with van der Waals surface area (Å²) in [4.78, 5) is 37.4. The highest BCUT2D eigenvalue weighted by atomic mass is 16.6. The Bertz CT molecular complexity index is 1060. The molecule has 0 radical (unpaired) electrons. The number of ether oxygens (including phenoxy) is 1. The first kappa shape index (κ1) is 20.1. The van der Waals surface area contributed by atoms with E-state index >= 15 is 0 Å². The zero-order chi connectivity index (χ0) is 20.8. The standard InChI is InChI=1S/C21H21N3O5/c1-14-9-10-16(24(27)28)11-19(14)23-20(25)13-29-21(26)8-4-5-15-12-22-18-7-3-2-6-17(15)18/h2-3,6-7,9-12,22H,4-5,8,13H2,1H3,(H,23,25). The van der Waals surface area contributed by atoms with E-state index in [2.05, 4.69) is 10.3 Å². The van der Waals surface area contributed by atoms with Gasteiger partial charge in [-0.1, -0.05) is 24.3 Å². The molecular weight excluding hydrogens is 374 g/mol. The molecule has 29 heavy (non-hydrogen) atoms. The highest BCUT2D eigenvalue weighted by molar-refractivity contribution is 5.93. The van der Waals surface area contributed by atoms with E-state index in [4.69, 9.17) is 4.74 Å². The summed E-state index contributed by atoms with van der Waals surface area (Å²) in [7, 11) is 0. The Balaban J connectivity index is 1.44. The molecule has 0 saturated heterocycles. The van der Waals surface area contributed by atoms with Gasteiger partial charge in [-0.2, -0.15) is 0 Å². The first-order chi connectivity index (χ1) is 13.9. The number of carbonyl (C=O) groups is 2. The van der Waals surface area contributed by atoms with E-state index < -0.39 is 23.4 Å². The van der Waals surface area contributed by atoms with Crippen molar-refractivity contribution in [2.75, 3.05) is 11.9 Å². The van der Waals surface area contributed by atoms with Gasteiger partial charge in [0.2, 0.25) is 0 Å². The Labute approximate surface area is 167 Å². The summed E-state index contributed by atoms with van der Waals surface area (Å²) < 4.78 is 5.01. The molecule has 8 nitrogen and oxygen atoms in total. The Morgan fingerprint density at radius 3 is 2.79 bits per heavy atom. The van der Waals surface area contributed by atoms with Gasteiger partial charge in [0.1, 0.15) is 0 Å². The Morgan fingerprint density at radius 1 is 1.21 bits per heavy atom. The van der Waals surface area contributed by atoms with Crippen molar-refractivity contribution in [2.24, 2.45) is 0 Å². The molecule has 1 aromatic heterocycles. The quantitative estimate of drug-likeness (QED) is 0.341. The number of non-ortho nitro benzene ring substituents is 1. The van der Waals surface area contributed by atoms with Crippen molar-refractivity contribution in [1.82, 2.24) is 4.98 Å². The number of nitrogens with zero attached hydrogens (tertiary/aromatic N) is 1. The average Bonchev–Trinajstić information content (AvgIpc) is 3.11. The highest BCUT2D eigenvalue weighted by Gasteiger charge is 2.13. The predicted octanol–water partition coefficient (Wildman–Crippen LogP) is 3.89. The number of carbonyl (C=O) groups excluding carboxylic acids is 2. The topological polar surface area (TPSA) is 114 Å². The number of amides is 1. The lowest BCUT2D eigenvalue weighted by Crippen LogP contribution is -2.21. The summed E-state index contributed by atoms with van der Waals surface area (Å²) in [5, 5.41) is 14.5. The molecule has 0 unspecified atom stereocenters. The van der Waals surface area contributed by atoms with Gasteiger partial charge in [-0.05, 0) is 37.0 Å². The number of fused-ring (bicyclic) bond motifs is 1. The van der Waals surface area contributed by atoms with E-state index in [1.165, 1.54) is 12.1 Å². The van der Waals surface area contributed by atoms with Crippen LogP contribution in [0.3, 0.4) is 0 Å². The van der Waals surface area contributed by atoms with Gasteiger partial charge in [0.05, 0.1) is 10.6 Å². The van der Waals surface area contributed by atoms with Gasteiger partial charge in [0.25, 0.3) is 11.6 Å². The normalized spacial score (nSPS) is 10.7. The number of benzene rings is 2. The summed E-state index contributed by atoms with van der Waals surface area (Å²) in [5.74, 6) is -1.01. The summed E-state index contributed by atoms with van der Waals surface area (Å²) in [6.45, 7) is 1.28. The Morgan fingerprint density at radius 2 is 2.00 bits per heavy atom. The number of hydrogen-bond acceptors (Lipinski definition) is 5. The molecule has 8 heteroatoms. The van der Waals surface area contributed by atoms with Crippen LogP contribution in [0.5, 0.6) is 0 Å². The van der Waals surface area contributed by atoms with Gasteiger partial charge in [-0.3, -0.25) is 19.7 Å². The summed E-state index contributed by atoms with van der Waals surface area (Å²) in [5.41, 5.74) is 3.05. The third-order valence-corrected chi connectivity index (χ3v) is 4.57. The van der Waals surface area contributed by atoms with Crippen LogP contribution >= 0.6 is 0 Å². The lowest BCUT2D eigenvalue weighted by Gasteiger charge is -2.09. The number of para-hydroxylation sites is 1. The monoisotopic (exact) mass is 395 g/mol. The maximum absolute atomic E-state index is 12.0. The van der Waals surface area contributed by atoms with Crippen LogP contribution in [-0.4, -0.2) is 28.4 Å². The zero-order valence-corrected chi connectivity index (χ0v) is 15.9. The number of nitro benzene ring substituents is 1. The predicted molar refractivity (Wildman–Crippen MR) is 109 cm³/mol. The second-order valence-corrected chi connectivity index (χ2v) is 6.68. The third-order valence-electron chi connectivity index (χ3n) is 4.57. The number of anilines is 1. The van der Waals surface area contributed by atoms with Crippen LogP contribution in [0.4, 0.5) is 11.4 Å². The van der Waals surface area contributed by atoms with Gasteiger partial charge in [-0.15, -0.1) is 0 Å². The minimum Gasteiger partial charge on any atom is -0.456 e. The second kappa shape index (κ2) is 9.01. The first-order valence-corrected chi connectivity index (χ1v) is 9.19. The number of hydrogen-bond donors (Lipinski definition) is 2. The molecule has 0 aliphatic heterocycles. The fourth-order valence-corrected chi connectivity index (χ4v) is 3.02. The van der Waals surface area contributed by atoms with E-state index in [-0.39, 0.29) is 12.1 Å². The zero-order valence-electron chi connectivity index (χ0n) is 15.9. The van der Waals surface area contributed by atoms with E-state index in [0.29, 0.717) is 17.7 Å². The second-order valence-electron chi connectivity index (χ2n) is 6.68. The van der Waals surface area contributed by atoms with Crippen LogP contribution in [-0.2, 0) is 20.7 Å². The number of nitro groups is 1. The van der Waals surface area contributed by atoms with Gasteiger partial charge < -0.3 is 15.0 Å². The fourth-order valence-electron chi connectivity index (χ4n) is 3.02. The van der Waals surface area contributed by atoms with Gasteiger partial charge in [0, 0.05) is 35.7 Å². The maximum Gasteiger partial charge on any atom is 0.306 e. The van der Waals surface area contributed by atoms with Crippen molar-refractivity contribution in [3.05, 3.63) is 69.9 Å². The summed E-state index contributed by atoms with van der Waals surface area (Å²) in [6.07, 6.45) is 3.46. The summed E-state index contributed by atoms with van der Waals surface area (Å²) >= 11 is 0. The minimum absolute atomic E-state index is 0.125. The van der Waals surface area contributed by atoms with E-state index in [1.54, 1.807) is 13.0 Å². The molecule has 0 atom stereocenters. The number of aryl methyl sites for hydroxylation is 2. The molecule has 1 amide bonds. The van der Waals surface area contributed by atoms with Crippen LogP contribution in [0.1, 0.15) is 24.0 Å². The minimum atomic E-state index is -0.543. The molecule has 3 rings (SSSR count).